The van der Waals surface area contributed by atoms with E-state index in [0.29, 0.717) is 12.5 Å². The van der Waals surface area contributed by atoms with E-state index < -0.39 is 0 Å². The molecule has 1 aromatic rings. The minimum absolute atomic E-state index is 0.102. The molecule has 0 aromatic heterocycles. The van der Waals surface area contributed by atoms with Crippen molar-refractivity contribution in [3.05, 3.63) is 48.2 Å². The summed E-state index contributed by atoms with van der Waals surface area (Å²) in [5, 5.41) is 5.69. The highest BCUT2D eigenvalue weighted by Gasteiger charge is 2.09. The number of carbonyl (C=O) groups is 1. The summed E-state index contributed by atoms with van der Waals surface area (Å²) in [5.74, 6) is 0.650. The van der Waals surface area contributed by atoms with E-state index in [1.807, 2.05) is 24.4 Å². The van der Waals surface area contributed by atoms with Crippen LogP contribution in [0.5, 0.6) is 0 Å². The Labute approximate surface area is 127 Å². The molecule has 0 saturated heterocycles. The van der Waals surface area contributed by atoms with E-state index in [4.69, 9.17) is 0 Å². The lowest BCUT2D eigenvalue weighted by Gasteiger charge is -2.17. The van der Waals surface area contributed by atoms with Gasteiger partial charge in [-0.25, -0.2) is 4.79 Å². The van der Waals surface area contributed by atoms with Crippen LogP contribution >= 0.6 is 0 Å². The molecule has 1 aromatic carbocycles. The van der Waals surface area contributed by atoms with Crippen LogP contribution in [-0.4, -0.2) is 12.6 Å². The minimum atomic E-state index is -0.102. The number of nitrogens with one attached hydrogen (secondary N) is 2. The number of urea groups is 1. The lowest BCUT2D eigenvalue weighted by atomic mass is 9.89. The van der Waals surface area contributed by atoms with E-state index in [1.54, 1.807) is 0 Å². The van der Waals surface area contributed by atoms with Crippen LogP contribution in [0.15, 0.2) is 42.6 Å². The molecule has 0 radical (unpaired) electrons. The number of aryl methyl sites for hydroxylation is 1. The van der Waals surface area contributed by atoms with Crippen molar-refractivity contribution in [2.45, 2.75) is 44.9 Å². The van der Waals surface area contributed by atoms with E-state index in [2.05, 4.69) is 28.8 Å². The van der Waals surface area contributed by atoms with Gasteiger partial charge in [0.15, 0.2) is 0 Å². The predicted octanol–water partition coefficient (Wildman–Crippen LogP) is 4.01. The average Bonchev–Trinajstić information content (AvgIpc) is 2.54. The molecule has 2 N–H and O–H groups in total. The maximum Gasteiger partial charge on any atom is 0.318 e. The van der Waals surface area contributed by atoms with Gasteiger partial charge in [0, 0.05) is 12.7 Å². The van der Waals surface area contributed by atoms with Crippen LogP contribution in [0.3, 0.4) is 0 Å². The van der Waals surface area contributed by atoms with Gasteiger partial charge in [-0.1, -0.05) is 55.7 Å². The van der Waals surface area contributed by atoms with Crippen LogP contribution in [0.1, 0.15) is 44.1 Å². The molecule has 1 saturated carbocycles. The van der Waals surface area contributed by atoms with Crippen molar-refractivity contribution in [2.75, 3.05) is 6.54 Å². The Kier molecular flexibility index (Phi) is 6.85. The van der Waals surface area contributed by atoms with E-state index >= 15 is 0 Å². The van der Waals surface area contributed by atoms with Crippen molar-refractivity contribution in [3.63, 3.8) is 0 Å². The van der Waals surface area contributed by atoms with Crippen LogP contribution < -0.4 is 10.6 Å². The summed E-state index contributed by atoms with van der Waals surface area (Å²) in [6.07, 6.45) is 12.4. The summed E-state index contributed by atoms with van der Waals surface area (Å²) < 4.78 is 0. The van der Waals surface area contributed by atoms with Crippen molar-refractivity contribution in [2.24, 2.45) is 5.92 Å². The quantitative estimate of drug-likeness (QED) is 0.762. The molecular weight excluding hydrogens is 260 g/mol. The molecular formula is C18H26N2O. The lowest BCUT2D eigenvalue weighted by molar-refractivity contribution is 0.244. The van der Waals surface area contributed by atoms with Crippen LogP contribution in [0, 0.1) is 5.92 Å². The van der Waals surface area contributed by atoms with Crippen LogP contribution in [-0.2, 0) is 6.42 Å². The number of rotatable bonds is 6. The summed E-state index contributed by atoms with van der Waals surface area (Å²) >= 11 is 0. The molecule has 1 fully saturated rings. The summed E-state index contributed by atoms with van der Waals surface area (Å²) in [7, 11) is 0. The highest BCUT2D eigenvalue weighted by Crippen LogP contribution is 2.24. The molecule has 0 unspecified atom stereocenters. The van der Waals surface area contributed by atoms with Gasteiger partial charge in [0.1, 0.15) is 0 Å². The summed E-state index contributed by atoms with van der Waals surface area (Å²) in [6.45, 7) is 0.706. The van der Waals surface area contributed by atoms with Gasteiger partial charge in [0.2, 0.25) is 0 Å². The normalized spacial score (nSPS) is 16.0. The van der Waals surface area contributed by atoms with Crippen LogP contribution in [0.25, 0.3) is 0 Å². The second-order valence-electron chi connectivity index (χ2n) is 5.75. The van der Waals surface area contributed by atoms with E-state index in [1.165, 1.54) is 37.7 Å². The van der Waals surface area contributed by atoms with Gasteiger partial charge in [-0.15, -0.1) is 0 Å². The third-order valence-corrected chi connectivity index (χ3v) is 4.00. The zero-order chi connectivity index (χ0) is 14.8. The minimum Gasteiger partial charge on any atom is -0.338 e. The number of allylic oxidation sites excluding steroid dienone is 1. The fraction of sp³-hybridized carbons (Fsp3) is 0.500. The Hall–Kier alpha value is -1.77. The van der Waals surface area contributed by atoms with Crippen LogP contribution in [0.2, 0.25) is 0 Å². The molecule has 3 nitrogen and oxygen atoms in total. The fourth-order valence-electron chi connectivity index (χ4n) is 2.78. The molecule has 21 heavy (non-hydrogen) atoms. The smallest absolute Gasteiger partial charge is 0.318 e. The van der Waals surface area contributed by atoms with Crippen molar-refractivity contribution in [1.29, 1.82) is 0 Å². The topological polar surface area (TPSA) is 41.1 Å². The molecule has 1 aliphatic rings. The molecule has 0 spiro atoms. The number of amides is 2. The van der Waals surface area contributed by atoms with E-state index in [0.717, 1.165) is 12.8 Å². The summed E-state index contributed by atoms with van der Waals surface area (Å²) in [6, 6.07) is 10.3. The second-order valence-corrected chi connectivity index (χ2v) is 5.75. The first-order valence-corrected chi connectivity index (χ1v) is 8.09. The standard InChI is InChI=1S/C18H26N2O/c21-18(20-15-13-17-10-5-2-6-11-17)19-14-7-12-16-8-3-1-4-9-16/h1,3-4,8-9,13,15,17H,2,5-7,10-12,14H2,(H2,19,20,21)/b15-13+. The first-order valence-electron chi connectivity index (χ1n) is 8.09. The molecule has 0 heterocycles. The Morgan fingerprint density at radius 2 is 1.90 bits per heavy atom. The van der Waals surface area contributed by atoms with Gasteiger partial charge >= 0.3 is 6.03 Å². The van der Waals surface area contributed by atoms with Gasteiger partial charge in [-0.2, -0.15) is 0 Å². The fourth-order valence-corrected chi connectivity index (χ4v) is 2.78. The zero-order valence-corrected chi connectivity index (χ0v) is 12.7. The number of hydrogen-bond acceptors (Lipinski definition) is 1. The Bertz CT molecular complexity index is 436. The molecule has 114 valence electrons. The Morgan fingerprint density at radius 1 is 1.14 bits per heavy atom. The van der Waals surface area contributed by atoms with Crippen molar-refractivity contribution in [1.82, 2.24) is 10.6 Å². The predicted molar refractivity (Wildman–Crippen MR) is 87.0 cm³/mol. The summed E-state index contributed by atoms with van der Waals surface area (Å²) in [5.41, 5.74) is 1.32. The van der Waals surface area contributed by atoms with Crippen molar-refractivity contribution >= 4 is 6.03 Å². The van der Waals surface area contributed by atoms with Gasteiger partial charge < -0.3 is 10.6 Å². The largest absolute Gasteiger partial charge is 0.338 e. The van der Waals surface area contributed by atoms with E-state index in [9.17, 15) is 4.79 Å². The van der Waals surface area contributed by atoms with Gasteiger partial charge in [-0.05, 0) is 37.2 Å². The third kappa shape index (κ3) is 6.48. The molecule has 1 aliphatic carbocycles. The highest BCUT2D eigenvalue weighted by atomic mass is 16.2. The maximum absolute atomic E-state index is 11.6. The van der Waals surface area contributed by atoms with Gasteiger partial charge in [0.25, 0.3) is 0 Å². The van der Waals surface area contributed by atoms with E-state index in [-0.39, 0.29) is 6.03 Å². The van der Waals surface area contributed by atoms with Crippen molar-refractivity contribution in [3.8, 4) is 0 Å². The Balaban J connectivity index is 1.54. The van der Waals surface area contributed by atoms with Gasteiger partial charge in [0.05, 0.1) is 0 Å². The molecule has 2 rings (SSSR count). The average molecular weight is 286 g/mol. The summed E-state index contributed by atoms with van der Waals surface area (Å²) in [4.78, 5) is 11.6. The zero-order valence-electron chi connectivity index (χ0n) is 12.7. The highest BCUT2D eigenvalue weighted by molar-refractivity contribution is 5.74. The van der Waals surface area contributed by atoms with Crippen LogP contribution in [0.4, 0.5) is 4.79 Å². The number of carbonyl (C=O) groups excluding carboxylic acids is 1. The first-order chi connectivity index (χ1) is 10.3. The molecule has 0 aliphatic heterocycles. The Morgan fingerprint density at radius 3 is 2.67 bits per heavy atom. The monoisotopic (exact) mass is 286 g/mol. The van der Waals surface area contributed by atoms with Gasteiger partial charge in [-0.3, -0.25) is 0 Å². The lowest BCUT2D eigenvalue weighted by Crippen LogP contribution is -2.33. The second kappa shape index (κ2) is 9.22. The molecule has 2 amide bonds. The molecule has 3 heteroatoms. The number of hydrogen-bond donors (Lipinski definition) is 2. The first kappa shape index (κ1) is 15.6. The number of benzene rings is 1. The SMILES string of the molecule is O=C(N/C=C/C1CCCCC1)NCCCc1ccccc1. The third-order valence-electron chi connectivity index (χ3n) is 4.00. The molecule has 0 bridgehead atoms. The van der Waals surface area contributed by atoms with Crippen molar-refractivity contribution < 1.29 is 4.79 Å². The maximum atomic E-state index is 11.6. The molecule has 0 atom stereocenters.